The molecule has 1 aliphatic heterocycles. The van der Waals surface area contributed by atoms with Crippen LogP contribution in [0.1, 0.15) is 48.9 Å². The minimum Gasteiger partial charge on any atom is -0.329 e. The first-order valence-corrected chi connectivity index (χ1v) is 7.66. The minimum absolute atomic E-state index is 0.396. The normalized spacial score (nSPS) is 22.4. The third-order valence-corrected chi connectivity index (χ3v) is 4.42. The molecule has 0 saturated carbocycles. The molecule has 1 heterocycles. The molecule has 2 unspecified atom stereocenters. The Morgan fingerprint density at radius 3 is 2.53 bits per heavy atom. The second-order valence-corrected chi connectivity index (χ2v) is 6.08. The van der Waals surface area contributed by atoms with Gasteiger partial charge in [-0.1, -0.05) is 42.7 Å². The molecule has 0 radical (unpaired) electrons. The predicted molar refractivity (Wildman–Crippen MR) is 82.3 cm³/mol. The van der Waals surface area contributed by atoms with Crippen molar-refractivity contribution in [3.63, 3.8) is 0 Å². The highest BCUT2D eigenvalue weighted by atomic mass is 15.2. The van der Waals surface area contributed by atoms with Crippen molar-refractivity contribution in [3.05, 3.63) is 34.9 Å². The highest BCUT2D eigenvalue weighted by Gasteiger charge is 2.25. The quantitative estimate of drug-likeness (QED) is 0.898. The summed E-state index contributed by atoms with van der Waals surface area (Å²) in [6.07, 6.45) is 4.00. The van der Waals surface area contributed by atoms with E-state index in [-0.39, 0.29) is 0 Å². The van der Waals surface area contributed by atoms with E-state index in [4.69, 9.17) is 5.73 Å². The molecule has 0 aliphatic carbocycles. The van der Waals surface area contributed by atoms with Gasteiger partial charge in [-0.05, 0) is 44.7 Å². The Hall–Kier alpha value is -0.860. The average Bonchev–Trinajstić information content (AvgIpc) is 2.39. The number of aryl methyl sites for hydroxylation is 2. The van der Waals surface area contributed by atoms with E-state index in [1.54, 1.807) is 0 Å². The van der Waals surface area contributed by atoms with E-state index in [9.17, 15) is 0 Å². The average molecular weight is 260 g/mol. The number of piperidine rings is 1. The van der Waals surface area contributed by atoms with Gasteiger partial charge < -0.3 is 5.73 Å². The number of nitrogens with two attached hydrogens (primary N) is 1. The summed E-state index contributed by atoms with van der Waals surface area (Å²) >= 11 is 0. The summed E-state index contributed by atoms with van der Waals surface area (Å²) in [6.45, 7) is 9.79. The first-order chi connectivity index (χ1) is 9.13. The van der Waals surface area contributed by atoms with Crippen LogP contribution in [0.4, 0.5) is 0 Å². The number of rotatable bonds is 4. The smallest absolute Gasteiger partial charge is 0.0470 e. The molecule has 19 heavy (non-hydrogen) atoms. The van der Waals surface area contributed by atoms with Gasteiger partial charge in [-0.2, -0.15) is 0 Å². The molecule has 106 valence electrons. The summed E-state index contributed by atoms with van der Waals surface area (Å²) in [5.41, 5.74) is 10.2. The largest absolute Gasteiger partial charge is 0.329 e. The van der Waals surface area contributed by atoms with Crippen LogP contribution in [0, 0.1) is 19.8 Å². The van der Waals surface area contributed by atoms with Crippen molar-refractivity contribution in [1.82, 2.24) is 4.90 Å². The van der Waals surface area contributed by atoms with Crippen molar-refractivity contribution in [1.29, 1.82) is 0 Å². The van der Waals surface area contributed by atoms with Gasteiger partial charge in [0.1, 0.15) is 0 Å². The Morgan fingerprint density at radius 1 is 1.26 bits per heavy atom. The first kappa shape index (κ1) is 14.5. The maximum Gasteiger partial charge on any atom is 0.0470 e. The highest BCUT2D eigenvalue weighted by Crippen LogP contribution is 2.28. The van der Waals surface area contributed by atoms with Crippen LogP contribution in [0.15, 0.2) is 18.2 Å². The predicted octanol–water partition coefficient (Wildman–Crippen LogP) is 3.43. The van der Waals surface area contributed by atoms with E-state index in [1.165, 1.54) is 49.0 Å². The summed E-state index contributed by atoms with van der Waals surface area (Å²) in [7, 11) is 0. The van der Waals surface area contributed by atoms with Gasteiger partial charge in [0.25, 0.3) is 0 Å². The van der Waals surface area contributed by atoms with Crippen LogP contribution in [0.25, 0.3) is 0 Å². The molecule has 2 rings (SSSR count). The lowest BCUT2D eigenvalue weighted by Gasteiger charge is -2.38. The number of likely N-dealkylation sites (tertiary alicyclic amines) is 1. The molecule has 2 atom stereocenters. The standard InChI is InChI=1S/C17H28N2/c1-4-15-6-5-7-19(12-15)17(11-18)16-9-13(2)8-14(3)10-16/h8-10,15,17H,4-7,11-12,18H2,1-3H3. The van der Waals surface area contributed by atoms with Crippen LogP contribution in [-0.4, -0.2) is 24.5 Å². The maximum absolute atomic E-state index is 6.08. The molecule has 1 fully saturated rings. The van der Waals surface area contributed by atoms with Crippen LogP contribution in [0.5, 0.6) is 0 Å². The van der Waals surface area contributed by atoms with Gasteiger partial charge >= 0.3 is 0 Å². The van der Waals surface area contributed by atoms with E-state index >= 15 is 0 Å². The summed E-state index contributed by atoms with van der Waals surface area (Å²) in [6, 6.07) is 7.25. The Kier molecular flexibility index (Phi) is 5.00. The number of hydrogen-bond donors (Lipinski definition) is 1. The zero-order chi connectivity index (χ0) is 13.8. The molecular formula is C17H28N2. The molecule has 2 N–H and O–H groups in total. The van der Waals surface area contributed by atoms with E-state index < -0.39 is 0 Å². The molecule has 0 spiro atoms. The number of hydrogen-bond acceptors (Lipinski definition) is 2. The summed E-state index contributed by atoms with van der Waals surface area (Å²) in [5.74, 6) is 0.855. The number of benzene rings is 1. The Balaban J connectivity index is 2.18. The van der Waals surface area contributed by atoms with Crippen molar-refractivity contribution in [3.8, 4) is 0 Å². The molecule has 1 aromatic carbocycles. The lowest BCUT2D eigenvalue weighted by Crippen LogP contribution is -2.41. The van der Waals surface area contributed by atoms with E-state index in [0.29, 0.717) is 6.04 Å². The van der Waals surface area contributed by atoms with Crippen LogP contribution >= 0.6 is 0 Å². The summed E-state index contributed by atoms with van der Waals surface area (Å²) in [4.78, 5) is 2.60. The van der Waals surface area contributed by atoms with Crippen LogP contribution < -0.4 is 5.73 Å². The summed E-state index contributed by atoms with van der Waals surface area (Å²) in [5, 5.41) is 0. The van der Waals surface area contributed by atoms with Gasteiger partial charge in [-0.15, -0.1) is 0 Å². The second-order valence-electron chi connectivity index (χ2n) is 6.08. The topological polar surface area (TPSA) is 29.3 Å². The van der Waals surface area contributed by atoms with Crippen molar-refractivity contribution in [2.24, 2.45) is 11.7 Å². The Bertz CT molecular complexity index is 393. The number of nitrogens with zero attached hydrogens (tertiary/aromatic N) is 1. The van der Waals surface area contributed by atoms with Crippen LogP contribution in [-0.2, 0) is 0 Å². The SMILES string of the molecule is CCC1CCCN(C(CN)c2cc(C)cc(C)c2)C1. The van der Waals surface area contributed by atoms with Gasteiger partial charge in [0.15, 0.2) is 0 Å². The lowest BCUT2D eigenvalue weighted by molar-refractivity contribution is 0.124. The third-order valence-electron chi connectivity index (χ3n) is 4.42. The van der Waals surface area contributed by atoms with Gasteiger partial charge in [0.2, 0.25) is 0 Å². The van der Waals surface area contributed by atoms with Crippen LogP contribution in [0.3, 0.4) is 0 Å². The fourth-order valence-corrected chi connectivity index (χ4v) is 3.41. The van der Waals surface area contributed by atoms with E-state index in [2.05, 4.69) is 43.9 Å². The molecule has 0 aromatic heterocycles. The fourth-order valence-electron chi connectivity index (χ4n) is 3.41. The van der Waals surface area contributed by atoms with Gasteiger partial charge in [0.05, 0.1) is 0 Å². The van der Waals surface area contributed by atoms with Crippen molar-refractivity contribution >= 4 is 0 Å². The third kappa shape index (κ3) is 3.58. The highest BCUT2D eigenvalue weighted by molar-refractivity contribution is 5.31. The minimum atomic E-state index is 0.396. The molecule has 0 amide bonds. The van der Waals surface area contributed by atoms with Crippen molar-refractivity contribution in [2.75, 3.05) is 19.6 Å². The first-order valence-electron chi connectivity index (χ1n) is 7.66. The fraction of sp³-hybridized carbons (Fsp3) is 0.647. The molecule has 1 saturated heterocycles. The zero-order valence-electron chi connectivity index (χ0n) is 12.7. The molecule has 0 bridgehead atoms. The monoisotopic (exact) mass is 260 g/mol. The second kappa shape index (κ2) is 6.53. The van der Waals surface area contributed by atoms with E-state index in [0.717, 1.165) is 12.5 Å². The van der Waals surface area contributed by atoms with Gasteiger partial charge in [-0.3, -0.25) is 4.90 Å². The summed E-state index contributed by atoms with van der Waals surface area (Å²) < 4.78 is 0. The zero-order valence-corrected chi connectivity index (χ0v) is 12.7. The lowest BCUT2D eigenvalue weighted by atomic mass is 9.92. The Labute approximate surface area is 118 Å². The molecular weight excluding hydrogens is 232 g/mol. The van der Waals surface area contributed by atoms with Gasteiger partial charge in [-0.25, -0.2) is 0 Å². The van der Waals surface area contributed by atoms with Crippen molar-refractivity contribution in [2.45, 2.75) is 46.1 Å². The maximum atomic E-state index is 6.08. The molecule has 2 heteroatoms. The van der Waals surface area contributed by atoms with Gasteiger partial charge in [0, 0.05) is 19.1 Å². The van der Waals surface area contributed by atoms with Crippen molar-refractivity contribution < 1.29 is 0 Å². The molecule has 1 aromatic rings. The molecule has 2 nitrogen and oxygen atoms in total. The van der Waals surface area contributed by atoms with Crippen LogP contribution in [0.2, 0.25) is 0 Å². The molecule has 1 aliphatic rings. The Morgan fingerprint density at radius 2 is 1.95 bits per heavy atom. The van der Waals surface area contributed by atoms with E-state index in [1.807, 2.05) is 0 Å².